The van der Waals surface area contributed by atoms with Crippen molar-refractivity contribution in [2.75, 3.05) is 13.1 Å². The molecule has 0 bridgehead atoms. The number of piperidine rings is 1. The fourth-order valence-electron chi connectivity index (χ4n) is 2.78. The zero-order chi connectivity index (χ0) is 17.1. The number of aromatic nitrogens is 3. The number of carbonyl (C=O) groups excluding carboxylic acids is 2. The Morgan fingerprint density at radius 1 is 1.29 bits per heavy atom. The lowest BCUT2D eigenvalue weighted by molar-refractivity contribution is 0.0314. The number of amides is 2. The van der Waals surface area contributed by atoms with Gasteiger partial charge in [-0.3, -0.25) is 9.59 Å². The summed E-state index contributed by atoms with van der Waals surface area (Å²) in [6.45, 7) is 2.32. The van der Waals surface area contributed by atoms with Crippen LogP contribution in [0.1, 0.15) is 33.0 Å². The monoisotopic (exact) mass is 329 g/mol. The maximum atomic E-state index is 12.4. The first-order valence-corrected chi connectivity index (χ1v) is 7.77. The molecule has 2 aromatic rings. The zero-order valence-corrected chi connectivity index (χ0v) is 13.3. The first-order valence-electron chi connectivity index (χ1n) is 7.77. The molecule has 3 N–H and O–H groups in total. The third-order valence-corrected chi connectivity index (χ3v) is 4.14. The number of β-amino-alcohol motifs (C(OH)–C–C–N with tert-alkyl or cyclic N) is 1. The topological polar surface area (TPSA) is 111 Å². The van der Waals surface area contributed by atoms with Crippen LogP contribution in [0, 0.1) is 6.92 Å². The van der Waals surface area contributed by atoms with E-state index in [2.05, 4.69) is 20.7 Å². The van der Waals surface area contributed by atoms with Gasteiger partial charge in [0.1, 0.15) is 0 Å². The number of nitrogens with zero attached hydrogens (tertiary/aromatic N) is 3. The van der Waals surface area contributed by atoms with Gasteiger partial charge in [0, 0.05) is 18.7 Å². The minimum atomic E-state index is -0.831. The Labute approximate surface area is 138 Å². The van der Waals surface area contributed by atoms with Crippen LogP contribution >= 0.6 is 0 Å². The normalized spacial score (nSPS) is 20.7. The van der Waals surface area contributed by atoms with Gasteiger partial charge >= 0.3 is 0 Å². The number of aliphatic hydroxyl groups excluding tert-OH is 1. The van der Waals surface area contributed by atoms with E-state index in [1.165, 1.54) is 0 Å². The molecule has 0 spiro atoms. The highest BCUT2D eigenvalue weighted by Gasteiger charge is 2.32. The van der Waals surface area contributed by atoms with Crippen LogP contribution in [0.25, 0.3) is 0 Å². The van der Waals surface area contributed by atoms with Crippen molar-refractivity contribution in [3.63, 3.8) is 0 Å². The molecule has 1 aromatic carbocycles. The van der Waals surface area contributed by atoms with Gasteiger partial charge in [-0.2, -0.15) is 15.4 Å². The quantitative estimate of drug-likeness (QED) is 0.740. The van der Waals surface area contributed by atoms with E-state index >= 15 is 0 Å². The molecular formula is C16H19N5O3. The molecule has 24 heavy (non-hydrogen) atoms. The number of rotatable bonds is 3. The highest BCUT2D eigenvalue weighted by atomic mass is 16.3. The van der Waals surface area contributed by atoms with E-state index in [9.17, 15) is 14.7 Å². The standard InChI is InChI=1S/C16H19N5O3/c1-10-14(19-20-18-10)15(23)17-12-7-8-21(9-13(12)22)16(24)11-5-3-2-4-6-11/h2-6,12-13,22H,7-9H2,1H3,(H,17,23)(H,18,19,20)/t12-,13-/m1/s1. The number of benzene rings is 1. The van der Waals surface area contributed by atoms with E-state index in [4.69, 9.17) is 0 Å². The van der Waals surface area contributed by atoms with Crippen LogP contribution in [0.3, 0.4) is 0 Å². The van der Waals surface area contributed by atoms with Crippen molar-refractivity contribution in [3.8, 4) is 0 Å². The number of aromatic amines is 1. The molecule has 1 aliphatic heterocycles. The van der Waals surface area contributed by atoms with Gasteiger partial charge in [-0.15, -0.1) is 0 Å². The summed E-state index contributed by atoms with van der Waals surface area (Å²) in [6.07, 6.45) is -0.356. The van der Waals surface area contributed by atoms with E-state index in [-0.39, 0.29) is 24.1 Å². The molecule has 126 valence electrons. The Bertz CT molecular complexity index is 730. The minimum absolute atomic E-state index is 0.119. The molecule has 3 rings (SSSR count). The van der Waals surface area contributed by atoms with E-state index < -0.39 is 12.1 Å². The molecule has 1 fully saturated rings. The van der Waals surface area contributed by atoms with Crippen LogP contribution in [0.4, 0.5) is 0 Å². The molecule has 8 nitrogen and oxygen atoms in total. The van der Waals surface area contributed by atoms with Crippen LogP contribution in [0.2, 0.25) is 0 Å². The predicted octanol–water partition coefficient (Wildman–Crippen LogP) is 0.119. The number of carbonyl (C=O) groups is 2. The Hall–Kier alpha value is -2.74. The largest absolute Gasteiger partial charge is 0.389 e. The summed E-state index contributed by atoms with van der Waals surface area (Å²) in [7, 11) is 0. The Balaban J connectivity index is 1.60. The van der Waals surface area contributed by atoms with Crippen LogP contribution < -0.4 is 5.32 Å². The summed E-state index contributed by atoms with van der Waals surface area (Å²) >= 11 is 0. The SMILES string of the molecule is Cc1n[nH]nc1C(=O)N[C@@H]1CCN(C(=O)c2ccccc2)C[C@H]1O. The van der Waals surface area contributed by atoms with Crippen molar-refractivity contribution >= 4 is 11.8 Å². The number of aryl methyl sites for hydroxylation is 1. The summed E-state index contributed by atoms with van der Waals surface area (Å²) in [5.41, 5.74) is 1.30. The molecule has 2 amide bonds. The number of nitrogens with one attached hydrogen (secondary N) is 2. The average Bonchev–Trinajstić information content (AvgIpc) is 3.03. The van der Waals surface area contributed by atoms with Crippen molar-refractivity contribution in [1.29, 1.82) is 0 Å². The predicted molar refractivity (Wildman–Crippen MR) is 85.3 cm³/mol. The minimum Gasteiger partial charge on any atom is -0.389 e. The maximum Gasteiger partial charge on any atom is 0.274 e. The summed E-state index contributed by atoms with van der Waals surface area (Å²) in [5, 5.41) is 23.1. The second-order valence-corrected chi connectivity index (χ2v) is 5.81. The summed E-state index contributed by atoms with van der Waals surface area (Å²) in [5.74, 6) is -0.500. The van der Waals surface area contributed by atoms with Crippen LogP contribution in [-0.4, -0.2) is 62.5 Å². The van der Waals surface area contributed by atoms with Gasteiger partial charge < -0.3 is 15.3 Å². The summed E-state index contributed by atoms with van der Waals surface area (Å²) in [6, 6.07) is 8.52. The fraction of sp³-hybridized carbons (Fsp3) is 0.375. The second kappa shape index (κ2) is 6.79. The van der Waals surface area contributed by atoms with Gasteiger partial charge in [-0.25, -0.2) is 0 Å². The average molecular weight is 329 g/mol. The van der Waals surface area contributed by atoms with Crippen LogP contribution in [0.15, 0.2) is 30.3 Å². The summed E-state index contributed by atoms with van der Waals surface area (Å²) < 4.78 is 0. The first-order chi connectivity index (χ1) is 11.6. The highest BCUT2D eigenvalue weighted by Crippen LogP contribution is 2.15. The molecule has 0 unspecified atom stereocenters. The van der Waals surface area contributed by atoms with Gasteiger partial charge in [0.2, 0.25) is 0 Å². The zero-order valence-electron chi connectivity index (χ0n) is 13.3. The molecule has 8 heteroatoms. The van der Waals surface area contributed by atoms with E-state index in [0.717, 1.165) is 0 Å². The fourth-order valence-corrected chi connectivity index (χ4v) is 2.78. The lowest BCUT2D eigenvalue weighted by Crippen LogP contribution is -2.55. The first kappa shape index (κ1) is 16.1. The molecule has 2 atom stereocenters. The molecule has 1 saturated heterocycles. The van der Waals surface area contributed by atoms with Crippen molar-refractivity contribution in [3.05, 3.63) is 47.3 Å². The third-order valence-electron chi connectivity index (χ3n) is 4.14. The van der Waals surface area contributed by atoms with Gasteiger partial charge in [0.05, 0.1) is 17.8 Å². The number of aliphatic hydroxyl groups is 1. The number of hydrogen-bond acceptors (Lipinski definition) is 5. The van der Waals surface area contributed by atoms with Crippen molar-refractivity contribution in [1.82, 2.24) is 25.6 Å². The van der Waals surface area contributed by atoms with E-state index in [0.29, 0.717) is 24.2 Å². The molecule has 2 heterocycles. The van der Waals surface area contributed by atoms with Gasteiger partial charge in [-0.05, 0) is 25.5 Å². The second-order valence-electron chi connectivity index (χ2n) is 5.81. The highest BCUT2D eigenvalue weighted by molar-refractivity contribution is 5.94. The van der Waals surface area contributed by atoms with Gasteiger partial charge in [-0.1, -0.05) is 18.2 Å². The third kappa shape index (κ3) is 3.28. The Morgan fingerprint density at radius 3 is 2.67 bits per heavy atom. The van der Waals surface area contributed by atoms with Crippen LogP contribution in [0.5, 0.6) is 0 Å². The number of likely N-dealkylation sites (tertiary alicyclic amines) is 1. The molecular weight excluding hydrogens is 310 g/mol. The Kier molecular flexibility index (Phi) is 4.57. The van der Waals surface area contributed by atoms with E-state index in [1.54, 1.807) is 36.1 Å². The Morgan fingerprint density at radius 2 is 2.04 bits per heavy atom. The molecule has 0 aliphatic carbocycles. The lowest BCUT2D eigenvalue weighted by Gasteiger charge is -2.36. The molecule has 0 radical (unpaired) electrons. The molecule has 1 aromatic heterocycles. The number of hydrogen-bond donors (Lipinski definition) is 3. The van der Waals surface area contributed by atoms with Crippen molar-refractivity contribution in [2.45, 2.75) is 25.5 Å². The molecule has 0 saturated carbocycles. The van der Waals surface area contributed by atoms with E-state index in [1.807, 2.05) is 6.07 Å². The van der Waals surface area contributed by atoms with Gasteiger partial charge in [0.25, 0.3) is 11.8 Å². The van der Waals surface area contributed by atoms with Crippen molar-refractivity contribution < 1.29 is 14.7 Å². The smallest absolute Gasteiger partial charge is 0.274 e. The van der Waals surface area contributed by atoms with Crippen molar-refractivity contribution in [2.24, 2.45) is 0 Å². The maximum absolute atomic E-state index is 12.4. The summed E-state index contributed by atoms with van der Waals surface area (Å²) in [4.78, 5) is 26.2. The lowest BCUT2D eigenvalue weighted by atomic mass is 10.0. The van der Waals surface area contributed by atoms with Crippen LogP contribution in [-0.2, 0) is 0 Å². The van der Waals surface area contributed by atoms with Gasteiger partial charge in [0.15, 0.2) is 5.69 Å². The molecule has 1 aliphatic rings. The number of H-pyrrole nitrogens is 1.